The third-order valence-electron chi connectivity index (χ3n) is 3.54. The summed E-state index contributed by atoms with van der Waals surface area (Å²) in [6.45, 7) is 1.69. The summed E-state index contributed by atoms with van der Waals surface area (Å²) in [5.41, 5.74) is 6.46. The minimum absolute atomic E-state index is 0.333. The van der Waals surface area contributed by atoms with Gasteiger partial charge in [0.05, 0.1) is 16.9 Å². The van der Waals surface area contributed by atoms with Crippen molar-refractivity contribution in [3.05, 3.63) is 23.5 Å². The number of rotatable bonds is 2. The number of anilines is 2. The summed E-state index contributed by atoms with van der Waals surface area (Å²) in [4.78, 5) is 12.9. The van der Waals surface area contributed by atoms with Crippen LogP contribution < -0.4 is 10.6 Å². The highest BCUT2D eigenvalue weighted by Gasteiger charge is 2.17. The summed E-state index contributed by atoms with van der Waals surface area (Å²) in [7, 11) is 0. The molecule has 1 fully saturated rings. The number of carbonyl (C=O) groups is 1. The maximum Gasteiger partial charge on any atom is 0.338 e. The van der Waals surface area contributed by atoms with Gasteiger partial charge in [-0.05, 0) is 18.9 Å². The fourth-order valence-electron chi connectivity index (χ4n) is 2.51. The SMILES string of the molecule is Nc1cc(C(=O)O)c(F)cc1N1CCCCCCC1. The van der Waals surface area contributed by atoms with Gasteiger partial charge in [-0.15, -0.1) is 0 Å². The number of nitrogens with two attached hydrogens (primary N) is 1. The fourth-order valence-corrected chi connectivity index (χ4v) is 2.51. The fraction of sp³-hybridized carbons (Fsp3) is 0.500. The topological polar surface area (TPSA) is 66.6 Å². The predicted molar refractivity (Wildman–Crippen MR) is 73.1 cm³/mol. The molecule has 0 saturated carbocycles. The average Bonchev–Trinajstić information content (AvgIpc) is 2.31. The Labute approximate surface area is 112 Å². The van der Waals surface area contributed by atoms with Crippen LogP contribution in [0.3, 0.4) is 0 Å². The highest BCUT2D eigenvalue weighted by Crippen LogP contribution is 2.28. The first-order chi connectivity index (χ1) is 9.09. The molecule has 0 aromatic heterocycles. The van der Waals surface area contributed by atoms with Gasteiger partial charge in [-0.25, -0.2) is 9.18 Å². The molecule has 1 aromatic carbocycles. The monoisotopic (exact) mass is 266 g/mol. The first-order valence-electron chi connectivity index (χ1n) is 6.67. The Morgan fingerprint density at radius 3 is 2.32 bits per heavy atom. The van der Waals surface area contributed by atoms with E-state index in [1.165, 1.54) is 31.4 Å². The van der Waals surface area contributed by atoms with E-state index in [4.69, 9.17) is 10.8 Å². The lowest BCUT2D eigenvalue weighted by atomic mass is 10.1. The Hall–Kier alpha value is -1.78. The van der Waals surface area contributed by atoms with Crippen LogP contribution in [0.4, 0.5) is 15.8 Å². The molecular weight excluding hydrogens is 247 g/mol. The van der Waals surface area contributed by atoms with Crippen LogP contribution in [0.25, 0.3) is 0 Å². The van der Waals surface area contributed by atoms with Crippen molar-refractivity contribution in [3.8, 4) is 0 Å². The van der Waals surface area contributed by atoms with Crippen molar-refractivity contribution in [2.75, 3.05) is 23.7 Å². The van der Waals surface area contributed by atoms with Crippen molar-refractivity contribution in [2.24, 2.45) is 0 Å². The maximum atomic E-state index is 13.8. The average molecular weight is 266 g/mol. The van der Waals surface area contributed by atoms with Gasteiger partial charge in [0.15, 0.2) is 0 Å². The van der Waals surface area contributed by atoms with Gasteiger partial charge in [0.2, 0.25) is 0 Å². The Kier molecular flexibility index (Phi) is 4.24. The van der Waals surface area contributed by atoms with Crippen molar-refractivity contribution < 1.29 is 14.3 Å². The van der Waals surface area contributed by atoms with Gasteiger partial charge in [-0.3, -0.25) is 0 Å². The second-order valence-electron chi connectivity index (χ2n) is 4.95. The van der Waals surface area contributed by atoms with E-state index in [2.05, 4.69) is 4.90 Å². The highest BCUT2D eigenvalue weighted by molar-refractivity contribution is 5.90. The van der Waals surface area contributed by atoms with E-state index in [0.29, 0.717) is 11.4 Å². The van der Waals surface area contributed by atoms with Crippen LogP contribution >= 0.6 is 0 Å². The number of halogens is 1. The second-order valence-corrected chi connectivity index (χ2v) is 4.95. The molecule has 4 nitrogen and oxygen atoms in total. The molecule has 0 bridgehead atoms. The van der Waals surface area contributed by atoms with E-state index in [0.717, 1.165) is 25.9 Å². The van der Waals surface area contributed by atoms with Gasteiger partial charge < -0.3 is 15.7 Å². The third-order valence-corrected chi connectivity index (χ3v) is 3.54. The molecule has 1 aromatic rings. The number of aromatic carboxylic acids is 1. The predicted octanol–water partition coefficient (Wildman–Crippen LogP) is 2.88. The Balaban J connectivity index is 2.28. The summed E-state index contributed by atoms with van der Waals surface area (Å²) >= 11 is 0. The zero-order valence-corrected chi connectivity index (χ0v) is 10.9. The molecule has 19 heavy (non-hydrogen) atoms. The smallest absolute Gasteiger partial charge is 0.338 e. The van der Waals surface area contributed by atoms with E-state index >= 15 is 0 Å². The first-order valence-corrected chi connectivity index (χ1v) is 6.67. The van der Waals surface area contributed by atoms with Gasteiger partial charge in [0.1, 0.15) is 5.82 Å². The van der Waals surface area contributed by atoms with Gasteiger partial charge >= 0.3 is 5.97 Å². The lowest BCUT2D eigenvalue weighted by molar-refractivity contribution is 0.0692. The van der Waals surface area contributed by atoms with Crippen molar-refractivity contribution in [1.29, 1.82) is 0 Å². The number of hydrogen-bond donors (Lipinski definition) is 2. The number of nitrogen functional groups attached to an aromatic ring is 1. The normalized spacial score (nSPS) is 16.8. The highest BCUT2D eigenvalue weighted by atomic mass is 19.1. The Morgan fingerprint density at radius 1 is 1.16 bits per heavy atom. The van der Waals surface area contributed by atoms with E-state index < -0.39 is 11.8 Å². The van der Waals surface area contributed by atoms with Crippen LogP contribution in [0.1, 0.15) is 42.5 Å². The van der Waals surface area contributed by atoms with Gasteiger partial charge in [0, 0.05) is 19.2 Å². The van der Waals surface area contributed by atoms with E-state index in [9.17, 15) is 9.18 Å². The van der Waals surface area contributed by atoms with Crippen molar-refractivity contribution in [1.82, 2.24) is 0 Å². The van der Waals surface area contributed by atoms with E-state index in [1.807, 2.05) is 0 Å². The molecule has 0 radical (unpaired) electrons. The largest absolute Gasteiger partial charge is 0.478 e. The molecule has 1 aliphatic rings. The van der Waals surface area contributed by atoms with Crippen LogP contribution in [0, 0.1) is 5.82 Å². The van der Waals surface area contributed by atoms with Crippen molar-refractivity contribution in [3.63, 3.8) is 0 Å². The first kappa shape index (κ1) is 13.6. The Morgan fingerprint density at radius 2 is 1.74 bits per heavy atom. The molecular formula is C14H19FN2O2. The van der Waals surface area contributed by atoms with Crippen molar-refractivity contribution >= 4 is 17.3 Å². The minimum Gasteiger partial charge on any atom is -0.478 e. The molecule has 1 heterocycles. The van der Waals surface area contributed by atoms with Gasteiger partial charge in [0.25, 0.3) is 0 Å². The van der Waals surface area contributed by atoms with Crippen LogP contribution in [-0.4, -0.2) is 24.2 Å². The molecule has 1 aliphatic heterocycles. The number of benzene rings is 1. The lowest BCUT2D eigenvalue weighted by Crippen LogP contribution is -2.28. The molecule has 2 rings (SSSR count). The Bertz CT molecular complexity index is 469. The lowest BCUT2D eigenvalue weighted by Gasteiger charge is -2.28. The standard InChI is InChI=1S/C14H19FN2O2/c15-11-9-13(12(16)8-10(11)14(18)19)17-6-4-2-1-3-5-7-17/h8-9H,1-7,16H2,(H,18,19). The van der Waals surface area contributed by atoms with Gasteiger partial charge in [-0.1, -0.05) is 19.3 Å². The molecule has 3 N–H and O–H groups in total. The van der Waals surface area contributed by atoms with Crippen LogP contribution in [0.5, 0.6) is 0 Å². The zero-order chi connectivity index (χ0) is 13.8. The number of hydrogen-bond acceptors (Lipinski definition) is 3. The number of carboxylic acids is 1. The molecule has 104 valence electrons. The maximum absolute atomic E-state index is 13.8. The zero-order valence-electron chi connectivity index (χ0n) is 10.9. The summed E-state index contributed by atoms with van der Waals surface area (Å²) in [6, 6.07) is 2.46. The van der Waals surface area contributed by atoms with Crippen LogP contribution in [0.15, 0.2) is 12.1 Å². The van der Waals surface area contributed by atoms with Crippen LogP contribution in [0.2, 0.25) is 0 Å². The number of carboxylic acid groups (broad SMARTS) is 1. The molecule has 5 heteroatoms. The molecule has 0 amide bonds. The molecule has 0 unspecified atom stereocenters. The summed E-state index contributed by atoms with van der Waals surface area (Å²) in [6.07, 6.45) is 5.71. The van der Waals surface area contributed by atoms with Gasteiger partial charge in [-0.2, -0.15) is 0 Å². The number of nitrogens with zero attached hydrogens (tertiary/aromatic N) is 1. The molecule has 0 aliphatic carbocycles. The molecule has 0 atom stereocenters. The second kappa shape index (κ2) is 5.91. The minimum atomic E-state index is -1.29. The third kappa shape index (κ3) is 3.16. The molecule has 0 spiro atoms. The summed E-state index contributed by atoms with van der Waals surface area (Å²) in [5.74, 6) is -2.01. The summed E-state index contributed by atoms with van der Waals surface area (Å²) in [5, 5.41) is 8.86. The van der Waals surface area contributed by atoms with E-state index in [-0.39, 0.29) is 5.56 Å². The molecule has 1 saturated heterocycles. The van der Waals surface area contributed by atoms with E-state index in [1.54, 1.807) is 0 Å². The van der Waals surface area contributed by atoms with Crippen molar-refractivity contribution in [2.45, 2.75) is 32.1 Å². The quantitative estimate of drug-likeness (QED) is 0.808. The summed E-state index contributed by atoms with van der Waals surface area (Å²) < 4.78 is 13.8. The van der Waals surface area contributed by atoms with Crippen LogP contribution in [-0.2, 0) is 0 Å².